The van der Waals surface area contributed by atoms with E-state index < -0.39 is 0 Å². The molecule has 14 rings (SSSR count). The van der Waals surface area contributed by atoms with Crippen LogP contribution >= 0.6 is 11.3 Å². The fourth-order valence-electron chi connectivity index (χ4n) is 11.1. The molecule has 1 heterocycles. The third kappa shape index (κ3) is 5.03. The third-order valence-electron chi connectivity index (χ3n) is 13.8. The summed E-state index contributed by atoms with van der Waals surface area (Å²) < 4.78 is 2.64. The van der Waals surface area contributed by atoms with E-state index >= 15 is 0 Å². The summed E-state index contributed by atoms with van der Waals surface area (Å²) in [5, 5.41) is 23.2. The van der Waals surface area contributed by atoms with Crippen LogP contribution in [0.15, 0.2) is 218 Å². The molecule has 1 heteroatoms. The molecule has 13 aromatic carbocycles. The van der Waals surface area contributed by atoms with Gasteiger partial charge < -0.3 is 0 Å². The van der Waals surface area contributed by atoms with Gasteiger partial charge in [0.25, 0.3) is 0 Å². The van der Waals surface area contributed by atoms with Crippen molar-refractivity contribution in [3.05, 3.63) is 218 Å². The lowest BCUT2D eigenvalue weighted by molar-refractivity contribution is 1.68. The lowest BCUT2D eigenvalue weighted by Gasteiger charge is -2.22. The fraction of sp³-hybridized carbons (Fsp3) is 0. The Kier molecular flexibility index (Phi) is 7.37. The van der Waals surface area contributed by atoms with E-state index in [0.29, 0.717) is 0 Å². The van der Waals surface area contributed by atoms with Gasteiger partial charge in [-0.1, -0.05) is 194 Å². The number of fused-ring (bicyclic) bond motifs is 14. The molecule has 0 bridgehead atoms. The van der Waals surface area contributed by atoms with Crippen molar-refractivity contribution < 1.29 is 0 Å². The maximum Gasteiger partial charge on any atom is 0.0362 e. The SMILES string of the molecule is c1ccc2cc(-c3c4ccccc4c(-c4c5ccccc5c(-c5ccc6c(c5)sc5cc7c8ccccc8c8ccccc8c7cc56)c5ccccc45)c4ccccc34)ccc2c1. The maximum absolute atomic E-state index is 2.46. The molecule has 1 aromatic heterocycles. The molecule has 0 aliphatic carbocycles. The van der Waals surface area contributed by atoms with Gasteiger partial charge in [0.1, 0.15) is 0 Å². The predicted molar refractivity (Wildman–Crippen MR) is 276 cm³/mol. The van der Waals surface area contributed by atoms with E-state index in [0.717, 1.165) is 0 Å². The average Bonchev–Trinajstić information content (AvgIpc) is 3.71. The van der Waals surface area contributed by atoms with Crippen molar-refractivity contribution in [3.8, 4) is 33.4 Å². The first-order valence-electron chi connectivity index (χ1n) is 21.8. The number of hydrogen-bond acceptors (Lipinski definition) is 1. The molecule has 0 aliphatic rings. The lowest BCUT2D eigenvalue weighted by atomic mass is 9.81. The van der Waals surface area contributed by atoms with E-state index in [4.69, 9.17) is 0 Å². The highest BCUT2D eigenvalue weighted by molar-refractivity contribution is 7.26. The first kappa shape index (κ1) is 34.8. The van der Waals surface area contributed by atoms with Gasteiger partial charge in [-0.15, -0.1) is 11.3 Å². The van der Waals surface area contributed by atoms with Gasteiger partial charge in [0, 0.05) is 20.2 Å². The molecular formula is C62H36S. The Morgan fingerprint density at radius 3 is 1.03 bits per heavy atom. The Labute approximate surface area is 367 Å². The van der Waals surface area contributed by atoms with Crippen LogP contribution in [-0.4, -0.2) is 0 Å². The standard InChI is InChI=1S/C62H36S/c1-2-16-38-33-39(30-29-37(38)15-1)59-46-21-7-11-25-50(46)61(51-26-12-8-22-47(51)59)62-52-27-13-9-23-48(52)60(49-24-10-14-28-53(49)62)40-31-32-45-56-35-54-43-19-5-3-17-41(43)42-18-4-6-20-44(42)55(54)36-58(56)63-57(45)34-40/h1-36H. The van der Waals surface area contributed by atoms with Crippen molar-refractivity contribution in [2.24, 2.45) is 0 Å². The van der Waals surface area contributed by atoms with Crippen LogP contribution in [0.3, 0.4) is 0 Å². The second-order valence-corrected chi connectivity index (χ2v) is 18.1. The highest BCUT2D eigenvalue weighted by Crippen LogP contribution is 2.51. The molecule has 0 atom stereocenters. The maximum atomic E-state index is 2.46. The molecule has 0 N–H and O–H groups in total. The van der Waals surface area contributed by atoms with Crippen LogP contribution in [0.2, 0.25) is 0 Å². The highest BCUT2D eigenvalue weighted by atomic mass is 32.1. The zero-order chi connectivity index (χ0) is 41.2. The molecular weight excluding hydrogens is 777 g/mol. The monoisotopic (exact) mass is 812 g/mol. The summed E-state index contributed by atoms with van der Waals surface area (Å²) in [5.74, 6) is 0. The van der Waals surface area contributed by atoms with Crippen molar-refractivity contribution in [1.82, 2.24) is 0 Å². The molecule has 0 aliphatic heterocycles. The quantitative estimate of drug-likeness (QED) is 0.123. The van der Waals surface area contributed by atoms with E-state index in [1.165, 1.54) is 140 Å². The summed E-state index contributed by atoms with van der Waals surface area (Å²) in [6.45, 7) is 0. The van der Waals surface area contributed by atoms with E-state index in [1.807, 2.05) is 11.3 Å². The second-order valence-electron chi connectivity index (χ2n) is 17.0. The number of thiophene rings is 1. The summed E-state index contributed by atoms with van der Waals surface area (Å²) in [5.41, 5.74) is 7.63. The van der Waals surface area contributed by atoms with E-state index in [9.17, 15) is 0 Å². The summed E-state index contributed by atoms with van der Waals surface area (Å²) >= 11 is 1.91. The average molecular weight is 813 g/mol. The summed E-state index contributed by atoms with van der Waals surface area (Å²) in [4.78, 5) is 0. The largest absolute Gasteiger partial charge is 0.135 e. The molecule has 0 saturated heterocycles. The van der Waals surface area contributed by atoms with Crippen LogP contribution in [0.4, 0.5) is 0 Å². The molecule has 0 nitrogen and oxygen atoms in total. The van der Waals surface area contributed by atoms with Gasteiger partial charge in [-0.3, -0.25) is 0 Å². The molecule has 0 fully saturated rings. The molecule has 14 aromatic rings. The molecule has 0 amide bonds. The minimum absolute atomic E-state index is 1.24. The van der Waals surface area contributed by atoms with Crippen LogP contribution in [0.5, 0.6) is 0 Å². The zero-order valence-electron chi connectivity index (χ0n) is 34.2. The second kappa shape index (κ2) is 13.3. The Balaban J connectivity index is 1.03. The van der Waals surface area contributed by atoms with Crippen molar-refractivity contribution >= 4 is 118 Å². The molecule has 0 unspecified atom stereocenters. The van der Waals surface area contributed by atoms with Crippen molar-refractivity contribution in [2.45, 2.75) is 0 Å². The van der Waals surface area contributed by atoms with Crippen LogP contribution in [0, 0.1) is 0 Å². The third-order valence-corrected chi connectivity index (χ3v) is 14.9. The Bertz CT molecular complexity index is 4150. The predicted octanol–water partition coefficient (Wildman–Crippen LogP) is 18.3. The summed E-state index contributed by atoms with van der Waals surface area (Å²) in [6, 6.07) is 81.8. The van der Waals surface area contributed by atoms with Crippen LogP contribution in [-0.2, 0) is 0 Å². The first-order valence-corrected chi connectivity index (χ1v) is 22.6. The Hall–Kier alpha value is -7.84. The van der Waals surface area contributed by atoms with E-state index in [2.05, 4.69) is 218 Å². The van der Waals surface area contributed by atoms with Crippen LogP contribution in [0.25, 0.3) is 140 Å². The Morgan fingerprint density at radius 2 is 0.540 bits per heavy atom. The number of hydrogen-bond donors (Lipinski definition) is 0. The van der Waals surface area contributed by atoms with E-state index in [-0.39, 0.29) is 0 Å². The fourth-order valence-corrected chi connectivity index (χ4v) is 12.3. The zero-order valence-corrected chi connectivity index (χ0v) is 35.0. The highest BCUT2D eigenvalue weighted by Gasteiger charge is 2.23. The van der Waals surface area contributed by atoms with Gasteiger partial charge in [-0.2, -0.15) is 0 Å². The van der Waals surface area contributed by atoms with E-state index in [1.54, 1.807) is 0 Å². The van der Waals surface area contributed by atoms with Crippen molar-refractivity contribution in [3.63, 3.8) is 0 Å². The van der Waals surface area contributed by atoms with Gasteiger partial charge in [0.15, 0.2) is 0 Å². The van der Waals surface area contributed by atoms with Crippen LogP contribution < -0.4 is 0 Å². The summed E-state index contributed by atoms with van der Waals surface area (Å²) in [6.07, 6.45) is 0. The summed E-state index contributed by atoms with van der Waals surface area (Å²) in [7, 11) is 0. The number of benzene rings is 13. The van der Waals surface area contributed by atoms with Crippen molar-refractivity contribution in [1.29, 1.82) is 0 Å². The minimum Gasteiger partial charge on any atom is -0.135 e. The van der Waals surface area contributed by atoms with Gasteiger partial charge in [-0.25, -0.2) is 0 Å². The van der Waals surface area contributed by atoms with Gasteiger partial charge in [0.2, 0.25) is 0 Å². The van der Waals surface area contributed by atoms with Gasteiger partial charge >= 0.3 is 0 Å². The normalized spacial score (nSPS) is 12.1. The molecule has 0 spiro atoms. The number of rotatable bonds is 3. The van der Waals surface area contributed by atoms with Crippen molar-refractivity contribution in [2.75, 3.05) is 0 Å². The topological polar surface area (TPSA) is 0 Å². The lowest BCUT2D eigenvalue weighted by Crippen LogP contribution is -1.94. The first-order chi connectivity index (χ1) is 31.3. The Morgan fingerprint density at radius 1 is 0.190 bits per heavy atom. The van der Waals surface area contributed by atoms with Gasteiger partial charge in [-0.05, 0) is 144 Å². The smallest absolute Gasteiger partial charge is 0.0362 e. The van der Waals surface area contributed by atoms with Gasteiger partial charge in [0.05, 0.1) is 0 Å². The molecule has 290 valence electrons. The molecule has 63 heavy (non-hydrogen) atoms. The minimum atomic E-state index is 1.24. The molecule has 0 radical (unpaired) electrons. The molecule has 0 saturated carbocycles. The van der Waals surface area contributed by atoms with Crippen LogP contribution in [0.1, 0.15) is 0 Å².